The zero-order chi connectivity index (χ0) is 28.3. The van der Waals surface area contributed by atoms with Crippen LogP contribution in [0.3, 0.4) is 0 Å². The summed E-state index contributed by atoms with van der Waals surface area (Å²) in [5.74, 6) is -2.77. The molecule has 10 nitrogen and oxygen atoms in total. The summed E-state index contributed by atoms with van der Waals surface area (Å²) >= 11 is 0. The first-order chi connectivity index (χ1) is 17.2. The average molecular weight is 521 g/mol. The lowest BCUT2D eigenvalue weighted by Crippen LogP contribution is -2.59. The van der Waals surface area contributed by atoms with Crippen LogP contribution < -0.4 is 21.7 Å². The van der Waals surface area contributed by atoms with Crippen LogP contribution in [0.1, 0.15) is 66.4 Å². The van der Waals surface area contributed by atoms with Crippen LogP contribution in [0.25, 0.3) is 0 Å². The van der Waals surface area contributed by atoms with Crippen LogP contribution in [0.15, 0.2) is 24.3 Å². The van der Waals surface area contributed by atoms with E-state index in [0.717, 1.165) is 0 Å². The molecule has 0 aromatic heterocycles. The highest BCUT2D eigenvalue weighted by Gasteiger charge is 2.33. The van der Waals surface area contributed by atoms with Crippen LogP contribution in [0.5, 0.6) is 5.75 Å². The second kappa shape index (κ2) is 15.2. The van der Waals surface area contributed by atoms with Gasteiger partial charge in [-0.1, -0.05) is 60.1 Å². The van der Waals surface area contributed by atoms with Gasteiger partial charge in [0, 0.05) is 6.42 Å². The minimum absolute atomic E-state index is 0.00228. The van der Waals surface area contributed by atoms with Crippen LogP contribution in [0.4, 0.5) is 0 Å². The maximum absolute atomic E-state index is 13.3. The van der Waals surface area contributed by atoms with Gasteiger partial charge in [-0.3, -0.25) is 14.4 Å². The second-order valence-electron chi connectivity index (χ2n) is 10.6. The Morgan fingerprint density at radius 3 is 1.84 bits per heavy atom. The highest BCUT2D eigenvalue weighted by Crippen LogP contribution is 2.14. The molecule has 0 radical (unpaired) electrons. The summed E-state index contributed by atoms with van der Waals surface area (Å²) in [6.07, 6.45) is 1.37. The molecule has 208 valence electrons. The number of nitrogens with two attached hydrogens (primary N) is 1. The predicted octanol–water partition coefficient (Wildman–Crippen LogP) is 1.94. The van der Waals surface area contributed by atoms with Crippen molar-refractivity contribution in [2.75, 3.05) is 0 Å². The van der Waals surface area contributed by atoms with E-state index in [0.29, 0.717) is 24.8 Å². The molecule has 0 spiro atoms. The average Bonchev–Trinajstić information content (AvgIpc) is 2.81. The summed E-state index contributed by atoms with van der Waals surface area (Å²) in [5.41, 5.74) is 6.61. The molecule has 7 N–H and O–H groups in total. The van der Waals surface area contributed by atoms with Gasteiger partial charge in [-0.05, 0) is 48.3 Å². The van der Waals surface area contributed by atoms with E-state index >= 15 is 0 Å². The molecule has 0 saturated carbocycles. The van der Waals surface area contributed by atoms with Gasteiger partial charge in [0.05, 0.1) is 6.04 Å². The van der Waals surface area contributed by atoms with Crippen LogP contribution >= 0.6 is 0 Å². The lowest BCUT2D eigenvalue weighted by atomic mass is 9.95. The number of aliphatic carboxylic acids is 1. The molecule has 37 heavy (non-hydrogen) atoms. The van der Waals surface area contributed by atoms with E-state index in [2.05, 4.69) is 16.0 Å². The van der Waals surface area contributed by atoms with Gasteiger partial charge in [-0.25, -0.2) is 4.79 Å². The molecule has 0 bridgehead atoms. The first kappa shape index (κ1) is 31.9. The number of nitrogens with one attached hydrogen (secondary N) is 3. The van der Waals surface area contributed by atoms with Gasteiger partial charge in [0.1, 0.15) is 23.9 Å². The number of aromatic hydroxyl groups is 1. The molecule has 0 fully saturated rings. The summed E-state index contributed by atoms with van der Waals surface area (Å²) in [6, 6.07) is 2.15. The number of amides is 3. The Bertz CT molecular complexity index is 903. The minimum Gasteiger partial charge on any atom is -0.508 e. The molecule has 5 atom stereocenters. The second-order valence-corrected chi connectivity index (χ2v) is 10.6. The molecule has 0 unspecified atom stereocenters. The largest absolute Gasteiger partial charge is 0.508 e. The van der Waals surface area contributed by atoms with Gasteiger partial charge in [0.15, 0.2) is 0 Å². The number of carbonyl (C=O) groups is 4. The lowest BCUT2D eigenvalue weighted by molar-refractivity contribution is -0.142. The fraction of sp³-hybridized carbons (Fsp3) is 0.630. The van der Waals surface area contributed by atoms with Crippen molar-refractivity contribution >= 4 is 23.7 Å². The number of hydrogen-bond donors (Lipinski definition) is 6. The maximum atomic E-state index is 13.3. The van der Waals surface area contributed by atoms with Gasteiger partial charge in [-0.15, -0.1) is 0 Å². The first-order valence-electron chi connectivity index (χ1n) is 12.9. The molecule has 1 aromatic rings. The van der Waals surface area contributed by atoms with Crippen molar-refractivity contribution in [3.05, 3.63) is 29.8 Å². The molecule has 0 aliphatic rings. The van der Waals surface area contributed by atoms with Crippen molar-refractivity contribution in [1.82, 2.24) is 16.0 Å². The zero-order valence-electron chi connectivity index (χ0n) is 22.8. The third kappa shape index (κ3) is 11.2. The number of carbonyl (C=O) groups excluding carboxylic acids is 3. The van der Waals surface area contributed by atoms with E-state index in [-0.39, 0.29) is 29.9 Å². The van der Waals surface area contributed by atoms with Crippen LogP contribution in [0.2, 0.25) is 0 Å². The first-order valence-corrected chi connectivity index (χ1v) is 12.9. The Morgan fingerprint density at radius 1 is 0.811 bits per heavy atom. The standard InChI is InChI=1S/C27H44N4O6/c1-7-17(6)23(26(35)30-22(27(36)37)14-18-8-10-19(32)11-9-18)31-25(34)21(13-16(4)5)29-24(33)20(28)12-15(2)3/h8-11,15-17,20-23,32H,7,12-14,28H2,1-6H3,(H,29,33)(H,30,35)(H,31,34)(H,36,37)/t17-,20-,21-,22-,23-/m0/s1. The van der Waals surface area contributed by atoms with Crippen LogP contribution in [-0.2, 0) is 25.6 Å². The Morgan fingerprint density at radius 2 is 1.35 bits per heavy atom. The van der Waals surface area contributed by atoms with Crippen molar-refractivity contribution in [3.8, 4) is 5.75 Å². The monoisotopic (exact) mass is 520 g/mol. The van der Waals surface area contributed by atoms with E-state index in [4.69, 9.17) is 5.73 Å². The summed E-state index contributed by atoms with van der Waals surface area (Å²) in [4.78, 5) is 50.9. The van der Waals surface area contributed by atoms with Gasteiger partial charge < -0.3 is 31.9 Å². The third-order valence-corrected chi connectivity index (χ3v) is 6.19. The lowest BCUT2D eigenvalue weighted by Gasteiger charge is -2.28. The molecule has 1 aromatic carbocycles. The Hall–Kier alpha value is -3.14. The van der Waals surface area contributed by atoms with Gasteiger partial charge in [0.2, 0.25) is 17.7 Å². The normalized spacial score (nSPS) is 15.4. The minimum atomic E-state index is -1.24. The number of phenols is 1. The Labute approximate surface area is 219 Å². The van der Waals surface area contributed by atoms with Gasteiger partial charge >= 0.3 is 5.97 Å². The highest BCUT2D eigenvalue weighted by atomic mass is 16.4. The number of phenolic OH excluding ortho intramolecular Hbond substituents is 1. The highest BCUT2D eigenvalue weighted by molar-refractivity contribution is 5.94. The number of carboxylic acid groups (broad SMARTS) is 1. The van der Waals surface area contributed by atoms with Gasteiger partial charge in [0.25, 0.3) is 0 Å². The van der Waals surface area contributed by atoms with Crippen molar-refractivity contribution in [3.63, 3.8) is 0 Å². The maximum Gasteiger partial charge on any atom is 0.326 e. The fourth-order valence-corrected chi connectivity index (χ4v) is 3.88. The molecule has 1 rings (SSSR count). The zero-order valence-corrected chi connectivity index (χ0v) is 22.8. The summed E-state index contributed by atoms with van der Waals surface area (Å²) in [5, 5.41) is 27.1. The quantitative estimate of drug-likeness (QED) is 0.205. The molecule has 10 heteroatoms. The summed E-state index contributed by atoms with van der Waals surface area (Å²) < 4.78 is 0. The molecular weight excluding hydrogens is 476 g/mol. The van der Waals surface area contributed by atoms with E-state index in [1.165, 1.54) is 12.1 Å². The molecular formula is C27H44N4O6. The predicted molar refractivity (Wildman–Crippen MR) is 142 cm³/mol. The van der Waals surface area contributed by atoms with E-state index < -0.39 is 47.9 Å². The summed E-state index contributed by atoms with van der Waals surface area (Å²) in [6.45, 7) is 11.4. The smallest absolute Gasteiger partial charge is 0.326 e. The molecule has 3 amide bonds. The number of rotatable bonds is 15. The van der Waals surface area contributed by atoms with Crippen LogP contribution in [0, 0.1) is 17.8 Å². The number of benzene rings is 1. The third-order valence-electron chi connectivity index (χ3n) is 6.19. The fourth-order valence-electron chi connectivity index (χ4n) is 3.88. The van der Waals surface area contributed by atoms with Crippen molar-refractivity contribution in [2.24, 2.45) is 23.5 Å². The van der Waals surface area contributed by atoms with Crippen LogP contribution in [-0.4, -0.2) is 58.1 Å². The van der Waals surface area contributed by atoms with E-state index in [1.807, 2.05) is 34.6 Å². The van der Waals surface area contributed by atoms with E-state index in [1.54, 1.807) is 19.1 Å². The molecule has 0 saturated heterocycles. The van der Waals surface area contributed by atoms with Crippen molar-refractivity contribution in [2.45, 2.75) is 91.4 Å². The summed E-state index contributed by atoms with van der Waals surface area (Å²) in [7, 11) is 0. The van der Waals surface area contributed by atoms with Crippen molar-refractivity contribution in [1.29, 1.82) is 0 Å². The Kier molecular flexibility index (Phi) is 13.1. The van der Waals surface area contributed by atoms with Crippen molar-refractivity contribution < 1.29 is 29.4 Å². The molecule has 0 heterocycles. The Balaban J connectivity index is 3.03. The topological polar surface area (TPSA) is 171 Å². The molecule has 0 aliphatic carbocycles. The number of hydrogen-bond acceptors (Lipinski definition) is 6. The van der Waals surface area contributed by atoms with E-state index in [9.17, 15) is 29.4 Å². The molecule has 0 aliphatic heterocycles. The van der Waals surface area contributed by atoms with Gasteiger partial charge in [-0.2, -0.15) is 0 Å². The number of carboxylic acids is 1. The SMILES string of the molecule is CC[C@H](C)[C@H](NC(=O)[C@H](CC(C)C)NC(=O)[C@@H](N)CC(C)C)C(=O)N[C@@H](Cc1ccc(O)cc1)C(=O)O.